The molecular weight excluding hydrogens is 294 g/mol. The zero-order chi connectivity index (χ0) is 16.7. The largest absolute Gasteiger partial charge is 0.502 e. The van der Waals surface area contributed by atoms with Crippen molar-refractivity contribution in [3.63, 3.8) is 0 Å². The topological polar surface area (TPSA) is 53.7 Å². The number of hydrogen-bond donors (Lipinski definition) is 1. The fourth-order valence-electron chi connectivity index (χ4n) is 2.75. The molecule has 134 valence electrons. The number of nitrogens with two attached hydrogens (primary N) is 1. The Balaban J connectivity index is 4.02. The number of hydrogen-bond acceptors (Lipinski definition) is 4. The van der Waals surface area contributed by atoms with Gasteiger partial charge in [0.1, 0.15) is 0 Å². The molecule has 0 spiro atoms. The Hall–Kier alpha value is 0.0569. The Morgan fingerprint density at radius 3 is 1.64 bits per heavy atom. The molecule has 0 bridgehead atoms. The fourth-order valence-corrected chi connectivity index (χ4v) is 5.52. The van der Waals surface area contributed by atoms with E-state index in [9.17, 15) is 0 Å². The van der Waals surface area contributed by atoms with Gasteiger partial charge in [-0.15, -0.1) is 0 Å². The molecule has 1 unspecified atom stereocenters. The lowest BCUT2D eigenvalue weighted by molar-refractivity contribution is 0.0693. The zero-order valence-corrected chi connectivity index (χ0v) is 16.4. The van der Waals surface area contributed by atoms with E-state index in [0.717, 1.165) is 12.5 Å². The predicted octanol–water partition coefficient (Wildman–Crippen LogP) is 4.50. The van der Waals surface area contributed by atoms with Crippen molar-refractivity contribution in [3.8, 4) is 0 Å². The third kappa shape index (κ3) is 10.7. The lowest BCUT2D eigenvalue weighted by Gasteiger charge is -2.30. The summed E-state index contributed by atoms with van der Waals surface area (Å²) in [6.45, 7) is 10.1. The molecule has 22 heavy (non-hydrogen) atoms. The van der Waals surface area contributed by atoms with Gasteiger partial charge >= 0.3 is 8.80 Å². The van der Waals surface area contributed by atoms with Gasteiger partial charge in [-0.2, -0.15) is 0 Å². The van der Waals surface area contributed by atoms with E-state index in [1.54, 1.807) is 0 Å². The van der Waals surface area contributed by atoms with Gasteiger partial charge in [0, 0.05) is 31.9 Å². The van der Waals surface area contributed by atoms with Crippen LogP contribution in [0.3, 0.4) is 0 Å². The maximum Gasteiger partial charge on any atom is 0.502 e. The summed E-state index contributed by atoms with van der Waals surface area (Å²) >= 11 is 0. The Kier molecular flexibility index (Phi) is 14.7. The van der Waals surface area contributed by atoms with Gasteiger partial charge in [0.05, 0.1) is 0 Å². The molecule has 0 heterocycles. The standard InChI is InChI=1S/C17H39NO3Si/c1-5-9-10-11-12-13-14-15-17(18)16-22(19-6-2,20-7-3)21-8-4/h17H,5-16,18H2,1-4H3. The molecule has 1 atom stereocenters. The molecule has 0 aromatic heterocycles. The molecule has 0 aliphatic heterocycles. The summed E-state index contributed by atoms with van der Waals surface area (Å²) in [7, 11) is -2.57. The minimum absolute atomic E-state index is 0.118. The van der Waals surface area contributed by atoms with Gasteiger partial charge in [0.2, 0.25) is 0 Å². The van der Waals surface area contributed by atoms with Gasteiger partial charge in [-0.3, -0.25) is 0 Å². The summed E-state index contributed by atoms with van der Waals surface area (Å²) < 4.78 is 17.6. The first-order chi connectivity index (χ1) is 10.6. The van der Waals surface area contributed by atoms with E-state index < -0.39 is 8.80 Å². The molecule has 0 saturated heterocycles. The van der Waals surface area contributed by atoms with Gasteiger partial charge in [0.15, 0.2) is 0 Å². The van der Waals surface area contributed by atoms with Gasteiger partial charge in [-0.05, 0) is 27.2 Å². The highest BCUT2D eigenvalue weighted by atomic mass is 28.4. The molecule has 0 aromatic rings. The predicted molar refractivity (Wildman–Crippen MR) is 96.0 cm³/mol. The van der Waals surface area contributed by atoms with Crippen LogP contribution < -0.4 is 5.73 Å². The van der Waals surface area contributed by atoms with E-state index in [0.29, 0.717) is 19.8 Å². The van der Waals surface area contributed by atoms with E-state index in [-0.39, 0.29) is 6.04 Å². The number of rotatable bonds is 16. The minimum Gasteiger partial charge on any atom is -0.374 e. The van der Waals surface area contributed by atoms with Crippen molar-refractivity contribution in [2.24, 2.45) is 5.73 Å². The van der Waals surface area contributed by atoms with Gasteiger partial charge < -0.3 is 19.0 Å². The molecule has 0 rings (SSSR count). The maximum atomic E-state index is 6.31. The summed E-state index contributed by atoms with van der Waals surface area (Å²) in [4.78, 5) is 0. The van der Waals surface area contributed by atoms with Crippen LogP contribution in [0.5, 0.6) is 0 Å². The van der Waals surface area contributed by atoms with Crippen LogP contribution in [0, 0.1) is 0 Å². The first kappa shape index (κ1) is 22.1. The van der Waals surface area contributed by atoms with Gasteiger partial charge in [-0.25, -0.2) is 0 Å². The Morgan fingerprint density at radius 1 is 0.727 bits per heavy atom. The van der Waals surface area contributed by atoms with Crippen LogP contribution in [-0.2, 0) is 13.3 Å². The van der Waals surface area contributed by atoms with Crippen LogP contribution in [0.15, 0.2) is 0 Å². The van der Waals surface area contributed by atoms with E-state index in [1.807, 2.05) is 20.8 Å². The minimum atomic E-state index is -2.57. The summed E-state index contributed by atoms with van der Waals surface area (Å²) in [6, 6.07) is 0.852. The van der Waals surface area contributed by atoms with Crippen LogP contribution in [-0.4, -0.2) is 34.7 Å². The lowest BCUT2D eigenvalue weighted by atomic mass is 10.1. The second kappa shape index (κ2) is 14.6. The second-order valence-corrected chi connectivity index (χ2v) is 8.50. The van der Waals surface area contributed by atoms with E-state index in [2.05, 4.69) is 6.92 Å². The molecule has 0 radical (unpaired) electrons. The highest BCUT2D eigenvalue weighted by molar-refractivity contribution is 6.60. The van der Waals surface area contributed by atoms with E-state index in [4.69, 9.17) is 19.0 Å². The molecule has 2 N–H and O–H groups in total. The summed E-state index contributed by atoms with van der Waals surface area (Å²) in [6.07, 6.45) is 10.3. The Bertz CT molecular complexity index is 225. The molecule has 0 saturated carbocycles. The first-order valence-corrected chi connectivity index (χ1v) is 11.2. The molecule has 4 nitrogen and oxygen atoms in total. The van der Waals surface area contributed by atoms with Crippen molar-refractivity contribution in [2.75, 3.05) is 19.8 Å². The normalized spacial score (nSPS) is 13.5. The molecule has 0 aliphatic carbocycles. The maximum absolute atomic E-state index is 6.31. The van der Waals surface area contributed by atoms with E-state index in [1.165, 1.54) is 44.9 Å². The summed E-state index contributed by atoms with van der Waals surface area (Å²) in [5, 5.41) is 0. The third-order valence-corrected chi connectivity index (χ3v) is 6.99. The van der Waals surface area contributed by atoms with Crippen LogP contribution in [0.4, 0.5) is 0 Å². The molecule has 0 amide bonds. The van der Waals surface area contributed by atoms with Crippen molar-refractivity contribution in [2.45, 2.75) is 91.1 Å². The molecule has 0 aromatic carbocycles. The van der Waals surface area contributed by atoms with Crippen LogP contribution >= 0.6 is 0 Å². The van der Waals surface area contributed by atoms with Crippen molar-refractivity contribution in [1.29, 1.82) is 0 Å². The van der Waals surface area contributed by atoms with Crippen molar-refractivity contribution < 1.29 is 13.3 Å². The summed E-state index contributed by atoms with van der Waals surface area (Å²) in [5.74, 6) is 0. The quantitative estimate of drug-likeness (QED) is 0.334. The summed E-state index contributed by atoms with van der Waals surface area (Å²) in [5.41, 5.74) is 6.31. The fraction of sp³-hybridized carbons (Fsp3) is 1.00. The monoisotopic (exact) mass is 333 g/mol. The SMILES string of the molecule is CCCCCCCCCC(N)C[Si](OCC)(OCC)OCC. The van der Waals surface area contributed by atoms with Crippen molar-refractivity contribution in [3.05, 3.63) is 0 Å². The average Bonchev–Trinajstić information content (AvgIpc) is 2.47. The smallest absolute Gasteiger partial charge is 0.374 e. The lowest BCUT2D eigenvalue weighted by Crippen LogP contribution is -2.50. The first-order valence-electron chi connectivity index (χ1n) is 9.31. The Morgan fingerprint density at radius 2 is 1.18 bits per heavy atom. The average molecular weight is 334 g/mol. The highest BCUT2D eigenvalue weighted by Crippen LogP contribution is 2.20. The molecule has 0 aliphatic rings. The van der Waals surface area contributed by atoms with Crippen molar-refractivity contribution in [1.82, 2.24) is 0 Å². The zero-order valence-electron chi connectivity index (χ0n) is 15.4. The van der Waals surface area contributed by atoms with Gasteiger partial charge in [0.25, 0.3) is 0 Å². The Labute approximate surface area is 139 Å². The van der Waals surface area contributed by atoms with Crippen LogP contribution in [0.1, 0.15) is 79.1 Å². The highest BCUT2D eigenvalue weighted by Gasteiger charge is 2.41. The number of unbranched alkanes of at least 4 members (excludes halogenated alkanes) is 6. The van der Waals surface area contributed by atoms with Crippen LogP contribution in [0.25, 0.3) is 0 Å². The van der Waals surface area contributed by atoms with Crippen molar-refractivity contribution >= 4 is 8.80 Å². The third-order valence-electron chi connectivity index (χ3n) is 3.78. The molecule has 5 heteroatoms. The molecule has 0 fully saturated rings. The molecular formula is C17H39NO3Si. The second-order valence-electron chi connectivity index (χ2n) is 5.86. The van der Waals surface area contributed by atoms with E-state index >= 15 is 0 Å². The van der Waals surface area contributed by atoms with Gasteiger partial charge in [-0.1, -0.05) is 51.9 Å². The van der Waals surface area contributed by atoms with Crippen LogP contribution in [0.2, 0.25) is 6.04 Å².